The Labute approximate surface area is 76.3 Å². The summed E-state index contributed by atoms with van der Waals surface area (Å²) in [6, 6.07) is 3.79. The molecule has 1 saturated heterocycles. The molecule has 1 aromatic rings. The van der Waals surface area contributed by atoms with Crippen molar-refractivity contribution >= 4 is 5.91 Å². The van der Waals surface area contributed by atoms with Crippen LogP contribution in [0.15, 0.2) is 22.8 Å². The quantitative estimate of drug-likeness (QED) is 0.722. The third-order valence-corrected chi connectivity index (χ3v) is 2.32. The van der Waals surface area contributed by atoms with Crippen molar-refractivity contribution in [3.63, 3.8) is 0 Å². The largest absolute Gasteiger partial charge is 0.468 e. The van der Waals surface area contributed by atoms with E-state index >= 15 is 0 Å². The monoisotopic (exact) mass is 180 g/mol. The fourth-order valence-electron chi connectivity index (χ4n) is 1.50. The number of rotatable bonds is 3. The lowest BCUT2D eigenvalue weighted by molar-refractivity contribution is -0.127. The van der Waals surface area contributed by atoms with Crippen molar-refractivity contribution in [1.29, 1.82) is 0 Å². The van der Waals surface area contributed by atoms with Crippen molar-refractivity contribution < 1.29 is 9.21 Å². The normalized spacial score (nSPS) is 18.5. The van der Waals surface area contributed by atoms with E-state index in [0.29, 0.717) is 0 Å². The summed E-state index contributed by atoms with van der Waals surface area (Å²) in [5.74, 6) is 0.772. The van der Waals surface area contributed by atoms with E-state index < -0.39 is 0 Å². The fraction of sp³-hybridized carbons (Fsp3) is 0.444. The molecule has 1 aliphatic heterocycles. The Hall–Kier alpha value is -1.29. The molecule has 1 aliphatic rings. The molecule has 4 heteroatoms. The second kappa shape index (κ2) is 3.22. The van der Waals surface area contributed by atoms with Crippen LogP contribution in [0.1, 0.15) is 5.76 Å². The van der Waals surface area contributed by atoms with Gasteiger partial charge in [0.25, 0.3) is 0 Å². The van der Waals surface area contributed by atoms with Crippen LogP contribution in [0.5, 0.6) is 0 Å². The van der Waals surface area contributed by atoms with E-state index in [4.69, 9.17) is 10.2 Å². The van der Waals surface area contributed by atoms with Crippen LogP contribution >= 0.6 is 0 Å². The molecule has 0 radical (unpaired) electrons. The maximum atomic E-state index is 10.7. The molecular weight excluding hydrogens is 168 g/mol. The Morgan fingerprint density at radius 2 is 2.46 bits per heavy atom. The number of hydrogen-bond acceptors (Lipinski definition) is 3. The lowest BCUT2D eigenvalue weighted by Gasteiger charge is -2.36. The zero-order valence-electron chi connectivity index (χ0n) is 7.27. The Balaban J connectivity index is 1.79. The first-order chi connectivity index (χ1) is 6.25. The maximum absolute atomic E-state index is 10.7. The van der Waals surface area contributed by atoms with Crippen LogP contribution in [-0.2, 0) is 11.3 Å². The van der Waals surface area contributed by atoms with Gasteiger partial charge in [-0.2, -0.15) is 0 Å². The van der Waals surface area contributed by atoms with Crippen LogP contribution < -0.4 is 5.73 Å². The Morgan fingerprint density at radius 3 is 3.00 bits per heavy atom. The first-order valence-corrected chi connectivity index (χ1v) is 4.30. The maximum Gasteiger partial charge on any atom is 0.223 e. The molecule has 0 bridgehead atoms. The van der Waals surface area contributed by atoms with Gasteiger partial charge in [0.1, 0.15) is 5.76 Å². The minimum absolute atomic E-state index is 0.0370. The highest BCUT2D eigenvalue weighted by atomic mass is 16.3. The van der Waals surface area contributed by atoms with Gasteiger partial charge in [-0.15, -0.1) is 0 Å². The van der Waals surface area contributed by atoms with Crippen molar-refractivity contribution in [2.45, 2.75) is 6.54 Å². The summed E-state index contributed by atoms with van der Waals surface area (Å²) in [4.78, 5) is 12.8. The van der Waals surface area contributed by atoms with Gasteiger partial charge in [0.05, 0.1) is 18.7 Å². The second-order valence-corrected chi connectivity index (χ2v) is 3.37. The zero-order valence-corrected chi connectivity index (χ0v) is 7.27. The molecule has 0 atom stereocenters. The first-order valence-electron chi connectivity index (χ1n) is 4.30. The van der Waals surface area contributed by atoms with Crippen molar-refractivity contribution in [3.05, 3.63) is 24.2 Å². The van der Waals surface area contributed by atoms with E-state index in [0.717, 1.165) is 25.4 Å². The molecular formula is C9H12N2O2. The lowest BCUT2D eigenvalue weighted by atomic mass is 10.00. The van der Waals surface area contributed by atoms with Gasteiger partial charge in [0.15, 0.2) is 0 Å². The highest BCUT2D eigenvalue weighted by Gasteiger charge is 2.31. The number of primary amides is 1. The summed E-state index contributed by atoms with van der Waals surface area (Å²) in [5, 5.41) is 0. The molecule has 1 amide bonds. The van der Waals surface area contributed by atoms with Gasteiger partial charge < -0.3 is 10.2 Å². The molecule has 0 aromatic carbocycles. The molecule has 0 spiro atoms. The van der Waals surface area contributed by atoms with Crippen LogP contribution in [0, 0.1) is 5.92 Å². The summed E-state index contributed by atoms with van der Waals surface area (Å²) in [6.45, 7) is 2.29. The van der Waals surface area contributed by atoms with Gasteiger partial charge in [-0.05, 0) is 12.1 Å². The van der Waals surface area contributed by atoms with Crippen LogP contribution in [0.3, 0.4) is 0 Å². The van der Waals surface area contributed by atoms with Gasteiger partial charge in [0, 0.05) is 13.1 Å². The van der Waals surface area contributed by atoms with E-state index in [1.54, 1.807) is 6.26 Å². The van der Waals surface area contributed by atoms with Crippen molar-refractivity contribution in [3.8, 4) is 0 Å². The molecule has 0 saturated carbocycles. The molecule has 0 unspecified atom stereocenters. The van der Waals surface area contributed by atoms with Crippen molar-refractivity contribution in [2.24, 2.45) is 11.7 Å². The van der Waals surface area contributed by atoms with E-state index in [-0.39, 0.29) is 11.8 Å². The number of nitrogens with zero attached hydrogens (tertiary/aromatic N) is 1. The Bertz CT molecular complexity index is 289. The summed E-state index contributed by atoms with van der Waals surface area (Å²) < 4.78 is 5.18. The Kier molecular flexibility index (Phi) is 2.06. The second-order valence-electron chi connectivity index (χ2n) is 3.37. The van der Waals surface area contributed by atoms with Crippen molar-refractivity contribution in [2.75, 3.05) is 13.1 Å². The van der Waals surface area contributed by atoms with Gasteiger partial charge in [-0.1, -0.05) is 0 Å². The van der Waals surface area contributed by atoms with E-state index in [1.807, 2.05) is 12.1 Å². The van der Waals surface area contributed by atoms with Gasteiger partial charge in [-0.25, -0.2) is 0 Å². The lowest BCUT2D eigenvalue weighted by Crippen LogP contribution is -2.51. The molecule has 1 fully saturated rings. The van der Waals surface area contributed by atoms with E-state index in [2.05, 4.69) is 4.90 Å². The molecule has 4 nitrogen and oxygen atoms in total. The average Bonchev–Trinajstić information content (AvgIpc) is 2.46. The van der Waals surface area contributed by atoms with Crippen LogP contribution in [0.4, 0.5) is 0 Å². The number of carbonyl (C=O) groups is 1. The van der Waals surface area contributed by atoms with E-state index in [9.17, 15) is 4.79 Å². The minimum Gasteiger partial charge on any atom is -0.468 e. The number of nitrogens with two attached hydrogens (primary N) is 1. The number of likely N-dealkylation sites (tertiary alicyclic amines) is 1. The smallest absolute Gasteiger partial charge is 0.223 e. The topological polar surface area (TPSA) is 59.5 Å². The number of carbonyl (C=O) groups excluding carboxylic acids is 1. The third kappa shape index (κ3) is 1.72. The highest BCUT2D eigenvalue weighted by Crippen LogP contribution is 2.17. The van der Waals surface area contributed by atoms with Crippen LogP contribution in [0.25, 0.3) is 0 Å². The predicted molar refractivity (Wildman–Crippen MR) is 46.7 cm³/mol. The van der Waals surface area contributed by atoms with Gasteiger partial charge >= 0.3 is 0 Å². The van der Waals surface area contributed by atoms with Gasteiger partial charge in [-0.3, -0.25) is 9.69 Å². The average molecular weight is 180 g/mol. The van der Waals surface area contributed by atoms with Gasteiger partial charge in [0.2, 0.25) is 5.91 Å². The molecule has 70 valence electrons. The molecule has 13 heavy (non-hydrogen) atoms. The first kappa shape index (κ1) is 8.31. The third-order valence-electron chi connectivity index (χ3n) is 2.32. The summed E-state index contributed by atoms with van der Waals surface area (Å²) in [7, 11) is 0. The summed E-state index contributed by atoms with van der Waals surface area (Å²) in [5.41, 5.74) is 5.14. The van der Waals surface area contributed by atoms with Crippen LogP contribution in [0.2, 0.25) is 0 Å². The van der Waals surface area contributed by atoms with Crippen LogP contribution in [-0.4, -0.2) is 23.9 Å². The molecule has 2 heterocycles. The minimum atomic E-state index is -0.198. The molecule has 2 N–H and O–H groups in total. The highest BCUT2D eigenvalue weighted by molar-refractivity contribution is 5.78. The molecule has 0 aliphatic carbocycles. The zero-order chi connectivity index (χ0) is 9.26. The number of furan rings is 1. The number of hydrogen-bond donors (Lipinski definition) is 1. The molecule has 2 rings (SSSR count). The number of amides is 1. The van der Waals surface area contributed by atoms with E-state index in [1.165, 1.54) is 0 Å². The van der Waals surface area contributed by atoms with Crippen molar-refractivity contribution in [1.82, 2.24) is 4.90 Å². The summed E-state index contributed by atoms with van der Waals surface area (Å²) in [6.07, 6.45) is 1.65. The SMILES string of the molecule is NC(=O)C1CN(Cc2ccco2)C1. The predicted octanol–water partition coefficient (Wildman–Crippen LogP) is 0.197. The summed E-state index contributed by atoms with van der Waals surface area (Å²) >= 11 is 0. The molecule has 1 aromatic heterocycles. The fourth-order valence-corrected chi connectivity index (χ4v) is 1.50. The standard InChI is InChI=1S/C9H12N2O2/c10-9(12)7-4-11(5-7)6-8-2-1-3-13-8/h1-3,7H,4-6H2,(H2,10,12). The Morgan fingerprint density at radius 1 is 1.69 bits per heavy atom.